The number of anilines is 6. The van der Waals surface area contributed by atoms with Crippen molar-refractivity contribution in [1.29, 1.82) is 0 Å². The number of aromatic nitrogens is 4. The number of hydrogen-bond acceptors (Lipinski definition) is 8. The van der Waals surface area contributed by atoms with Crippen LogP contribution >= 0.6 is 15.9 Å². The molecule has 1 saturated heterocycles. The van der Waals surface area contributed by atoms with Gasteiger partial charge in [0.15, 0.2) is 0 Å². The summed E-state index contributed by atoms with van der Waals surface area (Å²) in [6, 6.07) is 139. The molecule has 0 N–H and O–H groups in total. The third kappa shape index (κ3) is 14.2. The SMILES string of the molecule is CC1(C)OB(c2cccc(-c3cnc4c5ccccc5c5ccccc5c4n3)c2)OC1(C)C.CC1(C)c2ccccc2-c2ccc(N(c3ccc(-c4ccccc4)cc3)c3ccc(-c4cccc(-c5cnc6c7ccccc7c7ccccc7c6n5)c4)cc3)cc21.CC1(C)c2ccccc2-c2ccc(N(c3ccc(Br)cc3)c3ccc(-c4ccccc4)cc3)cc21. The van der Waals surface area contributed by atoms with Crippen LogP contribution in [0, 0.1) is 0 Å². The van der Waals surface area contributed by atoms with E-state index in [4.69, 9.17) is 29.2 Å². The first-order valence-corrected chi connectivity index (χ1v) is 44.1. The highest BCUT2D eigenvalue weighted by Crippen LogP contribution is 2.54. The minimum atomic E-state index is -0.409. The van der Waals surface area contributed by atoms with E-state index in [2.05, 4.69) is 457 Å². The van der Waals surface area contributed by atoms with Crippen molar-refractivity contribution in [3.63, 3.8) is 0 Å². The van der Waals surface area contributed by atoms with Gasteiger partial charge < -0.3 is 19.1 Å². The number of benzene rings is 18. The molecule has 18 aromatic carbocycles. The van der Waals surface area contributed by atoms with Crippen LogP contribution in [0.4, 0.5) is 34.1 Å². The number of halogens is 1. The van der Waals surface area contributed by atoms with Gasteiger partial charge in [0.25, 0.3) is 0 Å². The third-order valence-corrected chi connectivity index (χ3v) is 26.9. The molecule has 126 heavy (non-hydrogen) atoms. The van der Waals surface area contributed by atoms with Gasteiger partial charge in [-0.05, 0) is 224 Å². The minimum absolute atomic E-state index is 0.0372. The van der Waals surface area contributed by atoms with Crippen LogP contribution in [0.15, 0.2) is 405 Å². The molecule has 0 amide bonds. The Labute approximate surface area is 744 Å². The van der Waals surface area contributed by atoms with Crippen molar-refractivity contribution in [1.82, 2.24) is 19.9 Å². The zero-order chi connectivity index (χ0) is 85.6. The lowest BCUT2D eigenvalue weighted by Crippen LogP contribution is -2.41. The monoisotopic (exact) mass is 1690 g/mol. The summed E-state index contributed by atoms with van der Waals surface area (Å²) < 4.78 is 13.6. The van der Waals surface area contributed by atoms with Gasteiger partial charge in [0.2, 0.25) is 0 Å². The standard InChI is InChI=1S/C55H39N3.C33H26BrN.C28H25BN2O2/c1-55(2)50-22-11-10-19-46(50)47-32-31-43(34-51(47)55)58(41-27-23-37(24-28-41)36-13-4-3-5-14-36)42-29-25-38(26-30-42)39-15-12-16-40(33-39)52-35-56-53-48-20-8-6-17-44(48)45-18-7-9-21-49(45)54(53)57-52;1-33(2)31-11-7-6-10-29(31)30-21-20-28(22-32(30)33)35(27-18-14-25(34)15-19-27)26-16-12-24(13-17-26)23-8-4-3-5-9-23;1-27(2)28(3,4)33-29(32-27)19-11-9-10-18(16-19)24-17-30-25-22-14-7-5-12-20(22)21-13-6-8-15-23(21)26(25)31-24/h3-35H,1-2H3;3-22H,1-2H3;5-17H,1-4H3. The summed E-state index contributed by atoms with van der Waals surface area (Å²) in [6.45, 7) is 17.6. The fourth-order valence-corrected chi connectivity index (χ4v) is 19.3. The highest BCUT2D eigenvalue weighted by molar-refractivity contribution is 9.10. The van der Waals surface area contributed by atoms with Gasteiger partial charge in [-0.25, -0.2) is 9.97 Å². The summed E-state index contributed by atoms with van der Waals surface area (Å²) >= 11 is 3.60. The molecule has 20 aromatic rings. The Balaban J connectivity index is 0.000000123. The van der Waals surface area contributed by atoms with Gasteiger partial charge in [0.1, 0.15) is 0 Å². The first-order valence-electron chi connectivity index (χ1n) is 43.3. The van der Waals surface area contributed by atoms with E-state index in [1.807, 2.05) is 24.5 Å². The van der Waals surface area contributed by atoms with Gasteiger partial charge in [-0.3, -0.25) is 9.97 Å². The van der Waals surface area contributed by atoms with Crippen LogP contribution in [0.1, 0.15) is 77.6 Å². The van der Waals surface area contributed by atoms with Crippen molar-refractivity contribution < 1.29 is 9.31 Å². The fraction of sp³-hybridized carbons (Fsp3) is 0.103. The molecule has 0 saturated carbocycles. The van der Waals surface area contributed by atoms with E-state index in [9.17, 15) is 0 Å². The van der Waals surface area contributed by atoms with E-state index in [0.717, 1.165) is 116 Å². The molecule has 3 aliphatic rings. The van der Waals surface area contributed by atoms with Crippen LogP contribution in [0.2, 0.25) is 0 Å². The van der Waals surface area contributed by atoms with Gasteiger partial charge in [0.05, 0.1) is 57.1 Å². The van der Waals surface area contributed by atoms with Crippen LogP contribution < -0.4 is 15.3 Å². The molecule has 3 heterocycles. The summed E-state index contributed by atoms with van der Waals surface area (Å²) in [5, 5.41) is 9.27. The number of rotatable bonds is 12. The molecule has 2 aliphatic carbocycles. The van der Waals surface area contributed by atoms with Crippen LogP contribution in [-0.4, -0.2) is 38.3 Å². The second kappa shape index (κ2) is 31.8. The van der Waals surface area contributed by atoms with Crippen LogP contribution in [0.25, 0.3) is 143 Å². The molecular weight excluding hydrogens is 1600 g/mol. The molecule has 1 fully saturated rings. The van der Waals surface area contributed by atoms with Crippen molar-refractivity contribution in [2.24, 2.45) is 0 Å². The maximum absolute atomic E-state index is 6.26. The number of hydrogen-bond donors (Lipinski definition) is 0. The fourth-order valence-electron chi connectivity index (χ4n) is 19.0. The number of nitrogens with zero attached hydrogens (tertiary/aromatic N) is 6. The normalized spacial score (nSPS) is 14.1. The predicted octanol–water partition coefficient (Wildman–Crippen LogP) is 30.5. The van der Waals surface area contributed by atoms with Crippen molar-refractivity contribution in [3.05, 3.63) is 427 Å². The summed E-state index contributed by atoms with van der Waals surface area (Å²) in [5.74, 6) is 0. The number of fused-ring (bicyclic) bond motifs is 18. The van der Waals surface area contributed by atoms with Crippen LogP contribution in [-0.2, 0) is 20.1 Å². The Kier molecular flexibility index (Phi) is 19.9. The average molecular weight is 1690 g/mol. The lowest BCUT2D eigenvalue weighted by Gasteiger charge is -2.32. The molecule has 1 aliphatic heterocycles. The van der Waals surface area contributed by atoms with Gasteiger partial charge in [0, 0.05) is 82.1 Å². The molecule has 0 spiro atoms. The second-order valence-electron chi connectivity index (χ2n) is 35.2. The lowest BCUT2D eigenvalue weighted by molar-refractivity contribution is 0.00578. The van der Waals surface area contributed by atoms with Crippen molar-refractivity contribution in [2.75, 3.05) is 9.80 Å². The molecule has 606 valence electrons. The van der Waals surface area contributed by atoms with E-state index in [1.165, 1.54) is 94.0 Å². The van der Waals surface area contributed by atoms with Crippen LogP contribution in [0.5, 0.6) is 0 Å². The first kappa shape index (κ1) is 79.0. The summed E-state index contributed by atoms with van der Waals surface area (Å²) in [7, 11) is -0.409. The lowest BCUT2D eigenvalue weighted by atomic mass is 9.78. The van der Waals surface area contributed by atoms with Crippen molar-refractivity contribution in [3.8, 4) is 78.1 Å². The molecule has 0 unspecified atom stereocenters. The van der Waals surface area contributed by atoms with E-state index >= 15 is 0 Å². The molecule has 0 bridgehead atoms. The maximum atomic E-state index is 6.26. The van der Waals surface area contributed by atoms with E-state index in [0.29, 0.717) is 0 Å². The third-order valence-electron chi connectivity index (χ3n) is 26.4. The quantitative estimate of drug-likeness (QED) is 0.0885. The highest BCUT2D eigenvalue weighted by atomic mass is 79.9. The molecular formula is C116H90BBrN6O2. The van der Waals surface area contributed by atoms with Crippen LogP contribution in [0.3, 0.4) is 0 Å². The highest BCUT2D eigenvalue weighted by Gasteiger charge is 2.52. The van der Waals surface area contributed by atoms with E-state index in [1.54, 1.807) is 0 Å². The Morgan fingerprint density at radius 1 is 0.246 bits per heavy atom. The maximum Gasteiger partial charge on any atom is 0.494 e. The van der Waals surface area contributed by atoms with E-state index < -0.39 is 7.12 Å². The molecule has 0 atom stereocenters. The largest absolute Gasteiger partial charge is 0.494 e. The zero-order valence-corrected chi connectivity index (χ0v) is 73.1. The van der Waals surface area contributed by atoms with Crippen molar-refractivity contribution >= 4 is 128 Å². The van der Waals surface area contributed by atoms with E-state index in [-0.39, 0.29) is 22.0 Å². The summed E-state index contributed by atoms with van der Waals surface area (Å²) in [4.78, 5) is 25.0. The topological polar surface area (TPSA) is 76.5 Å². The summed E-state index contributed by atoms with van der Waals surface area (Å²) in [6.07, 6.45) is 3.79. The first-order chi connectivity index (χ1) is 61.4. The van der Waals surface area contributed by atoms with Gasteiger partial charge in [-0.15, -0.1) is 0 Å². The smallest absolute Gasteiger partial charge is 0.399 e. The molecule has 23 rings (SSSR count). The molecule has 0 radical (unpaired) electrons. The minimum Gasteiger partial charge on any atom is -0.399 e. The Bertz CT molecular complexity index is 7520. The average Bonchev–Trinajstić information content (AvgIpc) is 1.46. The van der Waals surface area contributed by atoms with Crippen molar-refractivity contribution in [2.45, 2.75) is 77.4 Å². The second-order valence-corrected chi connectivity index (χ2v) is 36.1. The Hall–Kier alpha value is -14.3. The van der Waals surface area contributed by atoms with Gasteiger partial charge >= 0.3 is 7.12 Å². The summed E-state index contributed by atoms with van der Waals surface area (Å²) in [5.41, 5.74) is 32.3. The zero-order valence-electron chi connectivity index (χ0n) is 71.6. The Morgan fingerprint density at radius 2 is 0.548 bits per heavy atom. The van der Waals surface area contributed by atoms with Gasteiger partial charge in [-0.1, -0.05) is 341 Å². The molecule has 10 heteroatoms. The molecule has 8 nitrogen and oxygen atoms in total. The Morgan fingerprint density at radius 3 is 0.960 bits per heavy atom. The van der Waals surface area contributed by atoms with Gasteiger partial charge in [-0.2, -0.15) is 0 Å². The predicted molar refractivity (Wildman–Crippen MR) is 531 cm³/mol. The molecule has 2 aromatic heterocycles.